The van der Waals surface area contributed by atoms with Crippen LogP contribution in [0.4, 0.5) is 10.5 Å². The Labute approximate surface area is 150 Å². The first kappa shape index (κ1) is 18.0. The Hall–Kier alpha value is -1.34. The standard InChI is InChI=1S/C13H9Cl4NO5/c1-21-11-9(14)7-3-2-6(4-8(7)10(19)23-11)18-12(20)22-5-13(15,16)17/h2-4H,5H2,1H3,(H,18,20). The lowest BCUT2D eigenvalue weighted by atomic mass is 10.1. The number of fused-ring (bicyclic) bond motifs is 1. The van der Waals surface area contributed by atoms with Crippen LogP contribution in [0, 0.1) is 0 Å². The van der Waals surface area contributed by atoms with Gasteiger partial charge in [0.05, 0.1) is 12.5 Å². The molecule has 0 aliphatic carbocycles. The fraction of sp³-hybridized carbons (Fsp3) is 0.231. The van der Waals surface area contributed by atoms with E-state index in [4.69, 9.17) is 60.3 Å². The molecule has 0 saturated carbocycles. The molecule has 1 aromatic heterocycles. The van der Waals surface area contributed by atoms with Gasteiger partial charge in [0.2, 0.25) is 3.79 Å². The normalized spacial score (nSPS) is 11.3. The summed E-state index contributed by atoms with van der Waals surface area (Å²) in [4.78, 5) is 23.5. The van der Waals surface area contributed by atoms with Gasteiger partial charge >= 0.3 is 17.7 Å². The predicted molar refractivity (Wildman–Crippen MR) is 89.3 cm³/mol. The number of hydrogen-bond acceptors (Lipinski definition) is 5. The first-order valence-electron chi connectivity index (χ1n) is 6.02. The molecule has 0 aliphatic heterocycles. The van der Waals surface area contributed by atoms with Crippen molar-refractivity contribution < 1.29 is 18.7 Å². The number of rotatable bonds is 3. The van der Waals surface area contributed by atoms with Crippen molar-refractivity contribution in [1.82, 2.24) is 0 Å². The number of amides is 1. The number of anilines is 1. The number of halogens is 4. The van der Waals surface area contributed by atoms with Gasteiger partial charge in [-0.3, -0.25) is 5.32 Å². The third-order valence-corrected chi connectivity index (χ3v) is 3.32. The summed E-state index contributed by atoms with van der Waals surface area (Å²) in [7, 11) is 1.33. The minimum absolute atomic E-state index is 0.0908. The molecule has 23 heavy (non-hydrogen) atoms. The third kappa shape index (κ3) is 4.57. The SMILES string of the molecule is COc1oc(=O)c2cc(NC(=O)OCC(Cl)(Cl)Cl)ccc2c1Cl. The van der Waals surface area contributed by atoms with Crippen molar-refractivity contribution in [3.63, 3.8) is 0 Å². The number of alkyl halides is 3. The zero-order valence-corrected chi connectivity index (χ0v) is 14.5. The molecule has 124 valence electrons. The van der Waals surface area contributed by atoms with E-state index in [0.717, 1.165) is 0 Å². The first-order chi connectivity index (χ1) is 10.7. The molecule has 1 heterocycles. The minimum atomic E-state index is -1.72. The van der Waals surface area contributed by atoms with E-state index in [-0.39, 0.29) is 22.0 Å². The molecule has 1 aromatic carbocycles. The highest BCUT2D eigenvalue weighted by Gasteiger charge is 2.22. The quantitative estimate of drug-likeness (QED) is 0.773. The summed E-state index contributed by atoms with van der Waals surface area (Å²) in [5.74, 6) is -0.0908. The van der Waals surface area contributed by atoms with Crippen LogP contribution < -0.4 is 15.7 Å². The van der Waals surface area contributed by atoms with E-state index < -0.39 is 22.1 Å². The number of ether oxygens (including phenoxy) is 2. The van der Waals surface area contributed by atoms with Crippen molar-refractivity contribution in [3.05, 3.63) is 33.6 Å². The maximum atomic E-state index is 11.9. The Kier molecular flexibility index (Phi) is 5.52. The number of carbonyl (C=O) groups is 1. The van der Waals surface area contributed by atoms with Crippen LogP contribution in [0.1, 0.15) is 0 Å². The second kappa shape index (κ2) is 7.05. The van der Waals surface area contributed by atoms with Crippen LogP contribution in [-0.4, -0.2) is 23.6 Å². The van der Waals surface area contributed by atoms with E-state index in [1.54, 1.807) is 0 Å². The Morgan fingerprint density at radius 2 is 2.00 bits per heavy atom. The summed E-state index contributed by atoms with van der Waals surface area (Å²) in [6.07, 6.45) is -0.848. The molecule has 0 unspecified atom stereocenters. The van der Waals surface area contributed by atoms with Crippen LogP contribution in [-0.2, 0) is 4.74 Å². The van der Waals surface area contributed by atoms with Gasteiger partial charge in [-0.05, 0) is 12.1 Å². The molecule has 0 radical (unpaired) electrons. The van der Waals surface area contributed by atoms with Gasteiger partial charge in [-0.15, -0.1) is 0 Å². The molecule has 0 bridgehead atoms. The van der Waals surface area contributed by atoms with Crippen molar-refractivity contribution in [3.8, 4) is 5.95 Å². The van der Waals surface area contributed by atoms with Gasteiger partial charge in [0.25, 0.3) is 0 Å². The molecular formula is C13H9Cl4NO5. The molecule has 1 N–H and O–H groups in total. The predicted octanol–water partition coefficient (Wildman–Crippen LogP) is 4.37. The average molecular weight is 401 g/mol. The molecule has 6 nitrogen and oxygen atoms in total. The van der Waals surface area contributed by atoms with E-state index in [1.165, 1.54) is 25.3 Å². The van der Waals surface area contributed by atoms with E-state index in [0.29, 0.717) is 5.39 Å². The summed E-state index contributed by atoms with van der Waals surface area (Å²) in [5.41, 5.74) is -0.389. The van der Waals surface area contributed by atoms with Crippen molar-refractivity contribution in [2.24, 2.45) is 0 Å². The number of nitrogens with one attached hydrogen (secondary N) is 1. The molecular weight excluding hydrogens is 392 g/mol. The van der Waals surface area contributed by atoms with Gasteiger partial charge in [0, 0.05) is 11.1 Å². The summed E-state index contributed by atoms with van der Waals surface area (Å²) in [5, 5.41) is 3.11. The minimum Gasteiger partial charge on any atom is -0.467 e. The number of hydrogen-bond donors (Lipinski definition) is 1. The highest BCUT2D eigenvalue weighted by molar-refractivity contribution is 6.67. The summed E-state index contributed by atoms with van der Waals surface area (Å²) < 4.78 is 12.8. The van der Waals surface area contributed by atoms with Crippen LogP contribution >= 0.6 is 46.4 Å². The second-order valence-electron chi connectivity index (χ2n) is 4.27. The van der Waals surface area contributed by atoms with Crippen LogP contribution in [0.25, 0.3) is 10.8 Å². The molecule has 1 amide bonds. The Balaban J connectivity index is 2.26. The number of methoxy groups -OCH3 is 1. The molecule has 0 saturated heterocycles. The zero-order valence-electron chi connectivity index (χ0n) is 11.5. The van der Waals surface area contributed by atoms with Crippen LogP contribution in [0.15, 0.2) is 27.4 Å². The first-order valence-corrected chi connectivity index (χ1v) is 7.53. The summed E-state index contributed by atoms with van der Waals surface area (Å²) in [6, 6.07) is 4.43. The lowest BCUT2D eigenvalue weighted by Crippen LogP contribution is -2.21. The van der Waals surface area contributed by atoms with E-state index in [1.807, 2.05) is 0 Å². The lowest BCUT2D eigenvalue weighted by molar-refractivity contribution is 0.164. The van der Waals surface area contributed by atoms with Gasteiger partial charge < -0.3 is 13.9 Å². The van der Waals surface area contributed by atoms with Crippen LogP contribution in [0.5, 0.6) is 5.95 Å². The lowest BCUT2D eigenvalue weighted by Gasteiger charge is -2.12. The molecule has 10 heteroatoms. The van der Waals surface area contributed by atoms with Gasteiger partial charge in [-0.2, -0.15) is 0 Å². The van der Waals surface area contributed by atoms with Gasteiger partial charge in [-0.25, -0.2) is 9.59 Å². The van der Waals surface area contributed by atoms with Crippen molar-refractivity contribution in [2.75, 3.05) is 19.0 Å². The third-order valence-electron chi connectivity index (χ3n) is 2.64. The molecule has 0 fully saturated rings. The topological polar surface area (TPSA) is 77.8 Å². The molecule has 0 atom stereocenters. The highest BCUT2D eigenvalue weighted by atomic mass is 35.6. The molecule has 2 rings (SSSR count). The highest BCUT2D eigenvalue weighted by Crippen LogP contribution is 2.31. The molecule has 2 aromatic rings. The van der Waals surface area contributed by atoms with E-state index >= 15 is 0 Å². The molecule has 0 spiro atoms. The molecule has 0 aliphatic rings. The maximum absolute atomic E-state index is 11.9. The fourth-order valence-corrected chi connectivity index (χ4v) is 2.15. The Morgan fingerprint density at radius 3 is 2.61 bits per heavy atom. The van der Waals surface area contributed by atoms with Crippen LogP contribution in [0.2, 0.25) is 5.02 Å². The van der Waals surface area contributed by atoms with Gasteiger partial charge in [-0.1, -0.05) is 52.5 Å². The van der Waals surface area contributed by atoms with Gasteiger partial charge in [0.1, 0.15) is 11.6 Å². The van der Waals surface area contributed by atoms with Crippen molar-refractivity contribution in [2.45, 2.75) is 3.79 Å². The second-order valence-corrected chi connectivity index (χ2v) is 7.17. The van der Waals surface area contributed by atoms with E-state index in [9.17, 15) is 9.59 Å². The fourth-order valence-electron chi connectivity index (χ4n) is 1.71. The van der Waals surface area contributed by atoms with Gasteiger partial charge in [0.15, 0.2) is 0 Å². The largest absolute Gasteiger partial charge is 0.467 e. The Morgan fingerprint density at radius 1 is 1.30 bits per heavy atom. The Bertz CT molecular complexity index is 799. The van der Waals surface area contributed by atoms with Crippen molar-refractivity contribution >= 4 is 69.0 Å². The summed E-state index contributed by atoms with van der Waals surface area (Å²) in [6.45, 7) is -0.428. The summed E-state index contributed by atoms with van der Waals surface area (Å²) >= 11 is 22.5. The monoisotopic (exact) mass is 399 g/mol. The van der Waals surface area contributed by atoms with Crippen LogP contribution in [0.3, 0.4) is 0 Å². The number of benzene rings is 1. The number of carbonyl (C=O) groups excluding carboxylic acids is 1. The average Bonchev–Trinajstić information content (AvgIpc) is 2.48. The smallest absolute Gasteiger partial charge is 0.411 e. The maximum Gasteiger partial charge on any atom is 0.411 e. The van der Waals surface area contributed by atoms with Crippen molar-refractivity contribution in [1.29, 1.82) is 0 Å². The zero-order chi connectivity index (χ0) is 17.2. The van der Waals surface area contributed by atoms with E-state index in [2.05, 4.69) is 5.32 Å².